The van der Waals surface area contributed by atoms with Gasteiger partial charge < -0.3 is 14.9 Å². The van der Waals surface area contributed by atoms with Crippen LogP contribution in [0.3, 0.4) is 0 Å². The molecular weight excluding hydrogens is 484 g/mol. The molecule has 4 nitrogen and oxygen atoms in total. The van der Waals surface area contributed by atoms with Crippen LogP contribution in [0.1, 0.15) is 0 Å². The van der Waals surface area contributed by atoms with Gasteiger partial charge in [0.25, 0.3) is 0 Å². The van der Waals surface area contributed by atoms with Crippen molar-refractivity contribution >= 4 is 52.2 Å². The molecule has 0 saturated heterocycles. The lowest BCUT2D eigenvalue weighted by molar-refractivity contribution is -0.133. The second-order valence-electron chi connectivity index (χ2n) is 8.82. The number of aliphatic carboxylic acids is 1. The van der Waals surface area contributed by atoms with E-state index in [0.29, 0.717) is 13.1 Å². The molecule has 2 heterocycles. The van der Waals surface area contributed by atoms with Crippen LogP contribution in [0.5, 0.6) is 0 Å². The Morgan fingerprint density at radius 1 is 0.639 bits per heavy atom. The molecule has 2 aliphatic heterocycles. The molecule has 0 bridgehead atoms. The first-order valence-corrected chi connectivity index (χ1v) is 13.4. The molecule has 36 heavy (non-hydrogen) atoms. The van der Waals surface area contributed by atoms with Crippen LogP contribution >= 0.6 is 23.5 Å². The van der Waals surface area contributed by atoms with E-state index in [0.717, 1.165) is 22.7 Å². The molecule has 0 spiro atoms. The zero-order valence-corrected chi connectivity index (χ0v) is 21.1. The van der Waals surface area contributed by atoms with Crippen LogP contribution < -0.4 is 9.80 Å². The number of para-hydroxylation sites is 4. The number of carboxylic acids is 1. The predicted molar refractivity (Wildman–Crippen MR) is 148 cm³/mol. The van der Waals surface area contributed by atoms with Crippen LogP contribution in [0.15, 0.2) is 129 Å². The summed E-state index contributed by atoms with van der Waals surface area (Å²) in [5, 5.41) is 10.0. The topological polar surface area (TPSA) is 43.8 Å². The van der Waals surface area contributed by atoms with Crippen molar-refractivity contribution in [3.8, 4) is 0 Å². The van der Waals surface area contributed by atoms with Gasteiger partial charge in [-0.1, -0.05) is 78.6 Å². The summed E-state index contributed by atoms with van der Waals surface area (Å²) < 4.78 is 0. The van der Waals surface area contributed by atoms with E-state index in [1.807, 2.05) is 48.5 Å². The monoisotopic (exact) mass is 508 g/mol. The minimum atomic E-state index is -0.957. The van der Waals surface area contributed by atoms with Crippen LogP contribution in [0.4, 0.5) is 22.7 Å². The van der Waals surface area contributed by atoms with Crippen molar-refractivity contribution in [1.82, 2.24) is 0 Å². The van der Waals surface area contributed by atoms with E-state index in [4.69, 9.17) is 0 Å². The molecule has 178 valence electrons. The zero-order valence-electron chi connectivity index (χ0n) is 19.5. The van der Waals surface area contributed by atoms with E-state index >= 15 is 0 Å². The van der Waals surface area contributed by atoms with Crippen LogP contribution in [0, 0.1) is 5.92 Å². The maximum atomic E-state index is 12.3. The van der Waals surface area contributed by atoms with E-state index in [9.17, 15) is 9.90 Å². The first-order chi connectivity index (χ1) is 17.6. The highest BCUT2D eigenvalue weighted by Gasteiger charge is 2.32. The molecule has 1 N–H and O–H groups in total. The van der Waals surface area contributed by atoms with Crippen molar-refractivity contribution in [3.63, 3.8) is 0 Å². The number of benzene rings is 4. The molecule has 2 aliphatic rings. The Kier molecular flexibility index (Phi) is 5.99. The van der Waals surface area contributed by atoms with Crippen LogP contribution in [-0.4, -0.2) is 24.2 Å². The van der Waals surface area contributed by atoms with Crippen LogP contribution in [0.25, 0.3) is 0 Å². The van der Waals surface area contributed by atoms with Gasteiger partial charge in [0.2, 0.25) is 0 Å². The summed E-state index contributed by atoms with van der Waals surface area (Å²) in [6.45, 7) is 5.06. The number of nitrogens with zero attached hydrogens (tertiary/aromatic N) is 2. The molecule has 0 fully saturated rings. The maximum absolute atomic E-state index is 12.3. The third-order valence-corrected chi connectivity index (χ3v) is 8.90. The molecule has 0 atom stereocenters. The predicted octanol–water partition coefficient (Wildman–Crippen LogP) is 7.85. The lowest BCUT2D eigenvalue weighted by Gasteiger charge is -2.39. The molecule has 0 aromatic heterocycles. The first kappa shape index (κ1) is 22.8. The van der Waals surface area contributed by atoms with E-state index < -0.39 is 5.97 Å². The Morgan fingerprint density at radius 3 is 1.25 bits per heavy atom. The van der Waals surface area contributed by atoms with Gasteiger partial charge in [0, 0.05) is 44.2 Å². The quantitative estimate of drug-likeness (QED) is 0.268. The van der Waals surface area contributed by atoms with Gasteiger partial charge in [0.05, 0.1) is 22.7 Å². The number of rotatable bonds is 6. The zero-order chi connectivity index (χ0) is 24.6. The van der Waals surface area contributed by atoms with Crippen molar-refractivity contribution in [2.45, 2.75) is 19.6 Å². The number of anilines is 4. The van der Waals surface area contributed by atoms with Gasteiger partial charge in [-0.2, -0.15) is 0 Å². The lowest BCUT2D eigenvalue weighted by Crippen LogP contribution is -2.37. The van der Waals surface area contributed by atoms with E-state index in [2.05, 4.69) is 64.9 Å². The van der Waals surface area contributed by atoms with Gasteiger partial charge >= 0.3 is 5.97 Å². The molecule has 4 aromatic carbocycles. The summed E-state index contributed by atoms with van der Waals surface area (Å²) in [5.41, 5.74) is 4.61. The molecule has 0 amide bonds. The van der Waals surface area contributed by atoms with E-state index in [-0.39, 0.29) is 11.5 Å². The lowest BCUT2D eigenvalue weighted by atomic mass is 9.97. The standard InChI is InChI=1S/C30H24N2O2S2/c1-20(30(33)34)21(18-31-22-10-2-6-14-26(22)35-27-15-7-3-11-23(27)31)19-32-24-12-4-8-16-28(24)36-29-17-9-5-13-25(29)32/h2-17,21H,1,18-19H2,(H,33,34). The third kappa shape index (κ3) is 4.06. The molecule has 6 rings (SSSR count). The molecule has 0 radical (unpaired) electrons. The van der Waals surface area contributed by atoms with Gasteiger partial charge in [0.1, 0.15) is 0 Å². The number of hydrogen-bond acceptors (Lipinski definition) is 5. The highest BCUT2D eigenvalue weighted by molar-refractivity contribution is 8.00. The molecular formula is C30H24N2O2S2. The highest BCUT2D eigenvalue weighted by Crippen LogP contribution is 2.50. The molecule has 0 saturated carbocycles. The third-order valence-electron chi connectivity index (χ3n) is 6.64. The number of hydrogen-bond donors (Lipinski definition) is 1. The summed E-state index contributed by atoms with van der Waals surface area (Å²) >= 11 is 3.50. The fourth-order valence-corrected chi connectivity index (χ4v) is 7.04. The van der Waals surface area contributed by atoms with Crippen LogP contribution in [-0.2, 0) is 4.79 Å². The highest BCUT2D eigenvalue weighted by atomic mass is 32.2. The van der Waals surface area contributed by atoms with Gasteiger partial charge in [-0.15, -0.1) is 0 Å². The number of fused-ring (bicyclic) bond motifs is 4. The van der Waals surface area contributed by atoms with Crippen molar-refractivity contribution < 1.29 is 9.90 Å². The summed E-state index contributed by atoms with van der Waals surface area (Å²) in [4.78, 5) is 21.5. The fourth-order valence-electron chi connectivity index (χ4n) is 4.85. The average Bonchev–Trinajstić information content (AvgIpc) is 2.91. The van der Waals surface area contributed by atoms with Gasteiger partial charge in [-0.25, -0.2) is 4.79 Å². The second-order valence-corrected chi connectivity index (χ2v) is 11.0. The van der Waals surface area contributed by atoms with E-state index in [1.54, 1.807) is 23.5 Å². The Bertz CT molecular complexity index is 1300. The number of carboxylic acid groups (broad SMARTS) is 1. The number of carbonyl (C=O) groups is 1. The fraction of sp³-hybridized carbons (Fsp3) is 0.100. The molecule has 0 unspecified atom stereocenters. The van der Waals surface area contributed by atoms with Gasteiger partial charge in [-0.3, -0.25) is 0 Å². The van der Waals surface area contributed by atoms with Crippen molar-refractivity contribution in [1.29, 1.82) is 0 Å². The summed E-state index contributed by atoms with van der Waals surface area (Å²) in [5.74, 6) is -1.28. The Morgan fingerprint density at radius 2 is 0.944 bits per heavy atom. The smallest absolute Gasteiger partial charge is 0.331 e. The minimum absolute atomic E-state index is 0.219. The molecule has 6 heteroatoms. The second kappa shape index (κ2) is 9.45. The first-order valence-electron chi connectivity index (χ1n) is 11.8. The largest absolute Gasteiger partial charge is 0.478 e. The Balaban J connectivity index is 1.42. The van der Waals surface area contributed by atoms with Gasteiger partial charge in [0.15, 0.2) is 0 Å². The Hall–Kier alpha value is -3.61. The summed E-state index contributed by atoms with van der Waals surface area (Å²) in [6, 6.07) is 33.3. The molecule has 4 aromatic rings. The summed E-state index contributed by atoms with van der Waals surface area (Å²) in [7, 11) is 0. The molecule has 0 aliphatic carbocycles. The maximum Gasteiger partial charge on any atom is 0.331 e. The van der Waals surface area contributed by atoms with Gasteiger partial charge in [-0.05, 0) is 48.5 Å². The average molecular weight is 509 g/mol. The van der Waals surface area contributed by atoms with Crippen molar-refractivity contribution in [2.75, 3.05) is 22.9 Å². The van der Waals surface area contributed by atoms with Crippen molar-refractivity contribution in [2.24, 2.45) is 5.92 Å². The summed E-state index contributed by atoms with van der Waals surface area (Å²) in [6.07, 6.45) is 0. The minimum Gasteiger partial charge on any atom is -0.478 e. The SMILES string of the molecule is C=C(C(=O)O)C(CN1c2ccccc2Sc2ccccc21)CN1c2ccccc2Sc2ccccc21. The van der Waals surface area contributed by atoms with Crippen LogP contribution in [0.2, 0.25) is 0 Å². The van der Waals surface area contributed by atoms with Crippen molar-refractivity contribution in [3.05, 3.63) is 109 Å². The normalized spacial score (nSPS) is 13.5. The Labute approximate surface area is 219 Å². The van der Waals surface area contributed by atoms with E-state index in [1.165, 1.54) is 19.6 Å².